The maximum Gasteiger partial charge on any atom is 0.124 e. The highest BCUT2D eigenvalue weighted by atomic mass is 79.9. The van der Waals surface area contributed by atoms with Gasteiger partial charge in [-0.3, -0.25) is 0 Å². The van der Waals surface area contributed by atoms with Crippen molar-refractivity contribution in [2.24, 2.45) is 0 Å². The fourth-order valence-corrected chi connectivity index (χ4v) is 2.59. The van der Waals surface area contributed by atoms with Crippen molar-refractivity contribution in [3.8, 4) is 16.2 Å². The molecule has 2 rings (SSSR count). The van der Waals surface area contributed by atoms with Crippen LogP contribution in [0, 0.1) is 0 Å². The van der Waals surface area contributed by atoms with Gasteiger partial charge in [0.05, 0.1) is 17.5 Å². The lowest BCUT2D eigenvalue weighted by atomic mass is 10.2. The second-order valence-electron chi connectivity index (χ2n) is 2.70. The largest absolute Gasteiger partial charge is 0.497 e. The van der Waals surface area contributed by atoms with Gasteiger partial charge in [-0.25, -0.2) is 4.98 Å². The lowest BCUT2D eigenvalue weighted by molar-refractivity contribution is 0.415. The number of rotatable bonds is 2. The Morgan fingerprint density at radius 2 is 2.00 bits per heavy atom. The summed E-state index contributed by atoms with van der Waals surface area (Å²) in [5.41, 5.74) is 2.98. The average Bonchev–Trinajstić information content (AvgIpc) is 2.65. The minimum absolute atomic E-state index is 0.870. The lowest BCUT2D eigenvalue weighted by Gasteiger charge is -2.01. The Kier molecular flexibility index (Phi) is 2.84. The van der Waals surface area contributed by atoms with Gasteiger partial charge in [-0.2, -0.15) is 0 Å². The van der Waals surface area contributed by atoms with Crippen molar-refractivity contribution in [3.05, 3.63) is 34.4 Å². The van der Waals surface area contributed by atoms with Crippen molar-refractivity contribution >= 4 is 27.3 Å². The van der Waals surface area contributed by atoms with E-state index < -0.39 is 0 Å². The summed E-state index contributed by atoms with van der Waals surface area (Å²) in [6.45, 7) is 0. The molecule has 1 heterocycles. The van der Waals surface area contributed by atoms with Crippen LogP contribution in [0.5, 0.6) is 5.75 Å². The summed E-state index contributed by atoms with van der Waals surface area (Å²) in [4.78, 5) is 5.29. The van der Waals surface area contributed by atoms with Gasteiger partial charge in [0.1, 0.15) is 10.4 Å². The first-order chi connectivity index (χ1) is 6.81. The fourth-order valence-electron chi connectivity index (χ4n) is 1.16. The van der Waals surface area contributed by atoms with Crippen molar-refractivity contribution in [1.29, 1.82) is 0 Å². The highest BCUT2D eigenvalue weighted by molar-refractivity contribution is 9.10. The fraction of sp³-hybridized carbons (Fsp3) is 0.100. The third-order valence-electron chi connectivity index (χ3n) is 1.88. The minimum atomic E-state index is 0.870. The van der Waals surface area contributed by atoms with Gasteiger partial charge in [-0.05, 0) is 45.8 Å². The maximum atomic E-state index is 5.09. The number of nitrogens with zero attached hydrogens (tertiary/aromatic N) is 1. The number of benzene rings is 1. The third-order valence-corrected chi connectivity index (χ3v) is 3.62. The van der Waals surface area contributed by atoms with E-state index in [1.807, 2.05) is 29.8 Å². The van der Waals surface area contributed by atoms with Crippen molar-refractivity contribution in [2.45, 2.75) is 0 Å². The highest BCUT2D eigenvalue weighted by Gasteiger charge is 2.05. The molecule has 0 saturated carbocycles. The van der Waals surface area contributed by atoms with Crippen LogP contribution in [0.15, 0.2) is 34.4 Å². The Morgan fingerprint density at radius 3 is 2.50 bits per heavy atom. The Morgan fingerprint density at radius 1 is 1.29 bits per heavy atom. The van der Waals surface area contributed by atoms with Gasteiger partial charge < -0.3 is 4.74 Å². The summed E-state index contributed by atoms with van der Waals surface area (Å²) in [6, 6.07) is 7.94. The maximum absolute atomic E-state index is 5.09. The first kappa shape index (κ1) is 9.68. The molecular weight excluding hydrogens is 262 g/mol. The Balaban J connectivity index is 2.39. The van der Waals surface area contributed by atoms with Crippen LogP contribution in [0.25, 0.3) is 10.4 Å². The summed E-state index contributed by atoms with van der Waals surface area (Å²) < 4.78 is 5.99. The van der Waals surface area contributed by atoms with Crippen LogP contribution in [0.1, 0.15) is 0 Å². The summed E-state index contributed by atoms with van der Waals surface area (Å²) in [5, 5.41) is 0. The number of methoxy groups -OCH3 is 1. The van der Waals surface area contributed by atoms with Crippen LogP contribution in [0.3, 0.4) is 0 Å². The van der Waals surface area contributed by atoms with Crippen molar-refractivity contribution in [1.82, 2.24) is 4.98 Å². The number of halogens is 1. The molecule has 4 heteroatoms. The van der Waals surface area contributed by atoms with E-state index >= 15 is 0 Å². The summed E-state index contributed by atoms with van der Waals surface area (Å²) in [6.07, 6.45) is 0. The molecule has 0 saturated heterocycles. The number of hydrogen-bond acceptors (Lipinski definition) is 3. The minimum Gasteiger partial charge on any atom is -0.497 e. The quantitative estimate of drug-likeness (QED) is 0.832. The van der Waals surface area contributed by atoms with Crippen LogP contribution in [-0.2, 0) is 0 Å². The third kappa shape index (κ3) is 1.81. The zero-order valence-corrected chi connectivity index (χ0v) is 9.93. The smallest absolute Gasteiger partial charge is 0.124 e. The van der Waals surface area contributed by atoms with Gasteiger partial charge >= 0.3 is 0 Å². The predicted octanol–water partition coefficient (Wildman–Crippen LogP) is 3.58. The van der Waals surface area contributed by atoms with E-state index in [1.54, 1.807) is 18.4 Å². The van der Waals surface area contributed by atoms with Crippen molar-refractivity contribution < 1.29 is 4.74 Å². The molecule has 2 aromatic rings. The van der Waals surface area contributed by atoms with E-state index in [9.17, 15) is 0 Å². The first-order valence-electron chi connectivity index (χ1n) is 4.04. The molecule has 0 aliphatic carbocycles. The molecule has 0 spiro atoms. The molecule has 1 aromatic carbocycles. The zero-order chi connectivity index (χ0) is 9.97. The summed E-state index contributed by atoms with van der Waals surface area (Å²) >= 11 is 5.02. The number of ether oxygens (including phenoxy) is 1. The molecule has 0 bridgehead atoms. The molecule has 0 aliphatic heterocycles. The molecule has 0 amide bonds. The van der Waals surface area contributed by atoms with Crippen LogP contribution >= 0.6 is 27.3 Å². The van der Waals surface area contributed by atoms with Gasteiger partial charge in [0.25, 0.3) is 0 Å². The molecule has 0 atom stereocenters. The van der Waals surface area contributed by atoms with Crippen molar-refractivity contribution in [3.63, 3.8) is 0 Å². The number of hydrogen-bond donors (Lipinski definition) is 0. The Labute approximate surface area is 94.7 Å². The van der Waals surface area contributed by atoms with E-state index in [2.05, 4.69) is 20.9 Å². The van der Waals surface area contributed by atoms with Gasteiger partial charge in [0, 0.05) is 0 Å². The molecule has 72 valence electrons. The van der Waals surface area contributed by atoms with Crippen LogP contribution in [-0.4, -0.2) is 12.1 Å². The molecule has 2 nitrogen and oxygen atoms in total. The summed E-state index contributed by atoms with van der Waals surface area (Å²) in [5.74, 6) is 0.870. The molecule has 0 N–H and O–H groups in total. The predicted molar refractivity (Wildman–Crippen MR) is 61.8 cm³/mol. The standard InChI is InChI=1S/C10H8BrNOS/c1-13-8-4-2-7(3-5-8)9-10(11)12-6-14-9/h2-6H,1H3. The van der Waals surface area contributed by atoms with E-state index in [4.69, 9.17) is 4.74 Å². The van der Waals surface area contributed by atoms with E-state index in [0.717, 1.165) is 20.8 Å². The summed E-state index contributed by atoms with van der Waals surface area (Å²) in [7, 11) is 1.66. The highest BCUT2D eigenvalue weighted by Crippen LogP contribution is 2.31. The van der Waals surface area contributed by atoms with Crippen LogP contribution in [0.2, 0.25) is 0 Å². The molecule has 0 unspecified atom stereocenters. The molecule has 0 aliphatic rings. The van der Waals surface area contributed by atoms with Gasteiger partial charge in [-0.15, -0.1) is 11.3 Å². The monoisotopic (exact) mass is 269 g/mol. The number of thiazole rings is 1. The van der Waals surface area contributed by atoms with E-state index in [-0.39, 0.29) is 0 Å². The second-order valence-corrected chi connectivity index (χ2v) is 4.31. The number of aromatic nitrogens is 1. The molecule has 14 heavy (non-hydrogen) atoms. The van der Waals surface area contributed by atoms with Gasteiger partial charge in [0.15, 0.2) is 0 Å². The molecular formula is C10H8BrNOS. The van der Waals surface area contributed by atoms with E-state index in [1.165, 1.54) is 0 Å². The normalized spacial score (nSPS) is 10.1. The average molecular weight is 270 g/mol. The van der Waals surface area contributed by atoms with Gasteiger partial charge in [-0.1, -0.05) is 0 Å². The topological polar surface area (TPSA) is 22.1 Å². The van der Waals surface area contributed by atoms with Crippen molar-refractivity contribution in [2.75, 3.05) is 7.11 Å². The molecule has 0 fully saturated rings. The first-order valence-corrected chi connectivity index (χ1v) is 5.72. The Hall–Kier alpha value is -0.870. The van der Waals surface area contributed by atoms with Gasteiger partial charge in [0.2, 0.25) is 0 Å². The SMILES string of the molecule is COc1ccc(-c2scnc2Br)cc1. The lowest BCUT2D eigenvalue weighted by Crippen LogP contribution is -1.81. The van der Waals surface area contributed by atoms with Crippen LogP contribution in [0.4, 0.5) is 0 Å². The van der Waals surface area contributed by atoms with E-state index in [0.29, 0.717) is 0 Å². The van der Waals surface area contributed by atoms with Crippen LogP contribution < -0.4 is 4.74 Å². The zero-order valence-electron chi connectivity index (χ0n) is 7.53. The Bertz CT molecular complexity index is 424. The second kappa shape index (κ2) is 4.11. The molecule has 0 radical (unpaired) electrons. The molecule has 1 aromatic heterocycles.